The lowest BCUT2D eigenvalue weighted by Gasteiger charge is -2.26. The molecule has 140 valence electrons. The highest BCUT2D eigenvalue weighted by atomic mass is 32.1. The highest BCUT2D eigenvalue weighted by Gasteiger charge is 2.19. The topological polar surface area (TPSA) is 55.2 Å². The van der Waals surface area contributed by atoms with Crippen molar-refractivity contribution in [3.63, 3.8) is 0 Å². The first-order valence-electron chi connectivity index (χ1n) is 9.51. The average molecular weight is 382 g/mol. The third-order valence-electron chi connectivity index (χ3n) is 5.25. The number of fused-ring (bicyclic) bond motifs is 1. The van der Waals surface area contributed by atoms with Crippen LogP contribution in [0.4, 0.5) is 0 Å². The maximum atomic E-state index is 13.1. The van der Waals surface area contributed by atoms with E-state index in [0.717, 1.165) is 48.3 Å². The highest BCUT2D eigenvalue weighted by molar-refractivity contribution is 7.17. The summed E-state index contributed by atoms with van der Waals surface area (Å²) in [6, 6.07) is 8.28. The molecular weight excluding hydrogens is 358 g/mol. The Morgan fingerprint density at radius 1 is 1.15 bits per heavy atom. The molecule has 1 fully saturated rings. The van der Waals surface area contributed by atoms with Crippen molar-refractivity contribution in [3.05, 3.63) is 51.9 Å². The Hall–Kier alpha value is -2.47. The molecule has 4 rings (SSSR count). The first-order valence-corrected chi connectivity index (χ1v) is 10.4. The first kappa shape index (κ1) is 17.9. The smallest absolute Gasteiger partial charge is 0.263 e. The molecule has 3 aromatic rings. The zero-order valence-corrected chi connectivity index (χ0v) is 16.3. The van der Waals surface area contributed by atoms with Crippen molar-refractivity contribution < 1.29 is 4.79 Å². The largest absolute Gasteiger partial charge is 0.341 e. The molecule has 0 radical (unpaired) electrons. The van der Waals surface area contributed by atoms with E-state index in [-0.39, 0.29) is 18.0 Å². The van der Waals surface area contributed by atoms with Crippen molar-refractivity contribution in [2.45, 2.75) is 39.2 Å². The third kappa shape index (κ3) is 3.54. The van der Waals surface area contributed by atoms with Crippen LogP contribution in [0, 0.1) is 0 Å². The number of aromatic nitrogens is 2. The van der Waals surface area contributed by atoms with Gasteiger partial charge in [-0.3, -0.25) is 14.2 Å². The maximum Gasteiger partial charge on any atom is 0.263 e. The second-order valence-corrected chi connectivity index (χ2v) is 7.86. The minimum atomic E-state index is -0.138. The number of aryl methyl sites for hydroxylation is 1. The molecule has 1 aliphatic rings. The fraction of sp³-hybridized carbons (Fsp3) is 0.381. The number of amides is 1. The van der Waals surface area contributed by atoms with Gasteiger partial charge in [0, 0.05) is 24.0 Å². The number of benzene rings is 1. The molecule has 0 unspecified atom stereocenters. The Bertz CT molecular complexity index is 1010. The molecule has 1 aromatic carbocycles. The lowest BCUT2D eigenvalue weighted by molar-refractivity contribution is -0.132. The second kappa shape index (κ2) is 7.64. The van der Waals surface area contributed by atoms with Gasteiger partial charge in [0.2, 0.25) is 5.91 Å². The monoisotopic (exact) mass is 381 g/mol. The number of carbonyl (C=O) groups is 1. The van der Waals surface area contributed by atoms with E-state index in [9.17, 15) is 9.59 Å². The molecule has 5 nitrogen and oxygen atoms in total. The summed E-state index contributed by atoms with van der Waals surface area (Å²) in [5.74, 6) is 0.00188. The van der Waals surface area contributed by atoms with E-state index in [2.05, 4.69) is 36.2 Å². The summed E-state index contributed by atoms with van der Waals surface area (Å²) in [5, 5.41) is 2.59. The van der Waals surface area contributed by atoms with Gasteiger partial charge in [0.1, 0.15) is 11.4 Å². The molecule has 0 spiro atoms. The van der Waals surface area contributed by atoms with E-state index in [1.807, 2.05) is 10.3 Å². The van der Waals surface area contributed by atoms with Crippen LogP contribution < -0.4 is 5.56 Å². The van der Waals surface area contributed by atoms with Crippen LogP contribution in [0.15, 0.2) is 40.8 Å². The number of likely N-dealkylation sites (tertiary alicyclic amines) is 1. The number of hydrogen-bond acceptors (Lipinski definition) is 4. The molecule has 1 amide bonds. The molecule has 27 heavy (non-hydrogen) atoms. The second-order valence-electron chi connectivity index (χ2n) is 7.00. The predicted molar refractivity (Wildman–Crippen MR) is 109 cm³/mol. The summed E-state index contributed by atoms with van der Waals surface area (Å²) in [6.45, 7) is 3.76. The standard InChI is InChI=1S/C21H23N3O2S/c1-2-15-6-8-16(9-7-15)17-13-27-20-19(17)21(26)24(14-22-20)12-18(25)23-10-4-3-5-11-23/h6-9,13-14H,2-5,10-12H2,1H3. The number of carbonyl (C=O) groups excluding carboxylic acids is 1. The predicted octanol–water partition coefficient (Wildman–Crippen LogP) is 3.70. The number of rotatable bonds is 4. The molecule has 0 atom stereocenters. The molecule has 1 saturated heterocycles. The normalized spacial score (nSPS) is 14.6. The van der Waals surface area contributed by atoms with Crippen LogP contribution in [0.3, 0.4) is 0 Å². The van der Waals surface area contributed by atoms with Gasteiger partial charge in [0.05, 0.1) is 11.7 Å². The van der Waals surface area contributed by atoms with Gasteiger partial charge in [-0.1, -0.05) is 31.2 Å². The van der Waals surface area contributed by atoms with Crippen molar-refractivity contribution in [2.24, 2.45) is 0 Å². The van der Waals surface area contributed by atoms with Crippen LogP contribution in [0.5, 0.6) is 0 Å². The number of hydrogen-bond donors (Lipinski definition) is 0. The fourth-order valence-corrected chi connectivity index (χ4v) is 4.51. The fourth-order valence-electron chi connectivity index (χ4n) is 3.60. The van der Waals surface area contributed by atoms with Crippen molar-refractivity contribution in [2.75, 3.05) is 13.1 Å². The molecule has 0 aliphatic carbocycles. The first-order chi connectivity index (χ1) is 13.2. The van der Waals surface area contributed by atoms with E-state index >= 15 is 0 Å². The molecule has 0 N–H and O–H groups in total. The van der Waals surface area contributed by atoms with Crippen LogP contribution in [0.25, 0.3) is 21.3 Å². The van der Waals surface area contributed by atoms with Crippen LogP contribution in [0.1, 0.15) is 31.7 Å². The van der Waals surface area contributed by atoms with Gasteiger partial charge >= 0.3 is 0 Å². The maximum absolute atomic E-state index is 13.1. The summed E-state index contributed by atoms with van der Waals surface area (Å²) in [4.78, 5) is 32.7. The van der Waals surface area contributed by atoms with E-state index in [0.29, 0.717) is 5.39 Å². The zero-order valence-electron chi connectivity index (χ0n) is 15.5. The summed E-state index contributed by atoms with van der Waals surface area (Å²) in [6.07, 6.45) is 5.75. The minimum absolute atomic E-state index is 0.00188. The minimum Gasteiger partial charge on any atom is -0.341 e. The summed E-state index contributed by atoms with van der Waals surface area (Å²) in [7, 11) is 0. The average Bonchev–Trinajstić information content (AvgIpc) is 3.15. The third-order valence-corrected chi connectivity index (χ3v) is 6.13. The van der Waals surface area contributed by atoms with Crippen molar-refractivity contribution in [1.29, 1.82) is 0 Å². The SMILES string of the molecule is CCc1ccc(-c2csc3ncn(CC(=O)N4CCCCC4)c(=O)c23)cc1. The lowest BCUT2D eigenvalue weighted by atomic mass is 10.0. The Morgan fingerprint density at radius 3 is 2.59 bits per heavy atom. The van der Waals surface area contributed by atoms with Crippen LogP contribution in [0.2, 0.25) is 0 Å². The molecule has 6 heteroatoms. The van der Waals surface area contributed by atoms with E-state index in [1.54, 1.807) is 0 Å². The van der Waals surface area contributed by atoms with E-state index in [4.69, 9.17) is 0 Å². The van der Waals surface area contributed by atoms with Gasteiger partial charge < -0.3 is 4.90 Å². The highest BCUT2D eigenvalue weighted by Crippen LogP contribution is 2.30. The van der Waals surface area contributed by atoms with Crippen molar-refractivity contribution >= 4 is 27.5 Å². The summed E-state index contributed by atoms with van der Waals surface area (Å²) >= 11 is 1.47. The van der Waals surface area contributed by atoms with Gasteiger partial charge in [-0.2, -0.15) is 0 Å². The lowest BCUT2D eigenvalue weighted by Crippen LogP contribution is -2.39. The molecule has 1 aliphatic heterocycles. The zero-order chi connectivity index (χ0) is 18.8. The van der Waals surface area contributed by atoms with E-state index in [1.165, 1.54) is 34.2 Å². The van der Waals surface area contributed by atoms with Crippen LogP contribution in [-0.4, -0.2) is 33.4 Å². The molecular formula is C21H23N3O2S. The van der Waals surface area contributed by atoms with Gasteiger partial charge in [0.15, 0.2) is 0 Å². The van der Waals surface area contributed by atoms with E-state index < -0.39 is 0 Å². The molecule has 3 heterocycles. The number of thiophene rings is 1. The van der Waals surface area contributed by atoms with Gasteiger partial charge in [-0.15, -0.1) is 11.3 Å². The van der Waals surface area contributed by atoms with Crippen molar-refractivity contribution in [3.8, 4) is 11.1 Å². The van der Waals surface area contributed by atoms with Crippen LogP contribution >= 0.6 is 11.3 Å². The Kier molecular flexibility index (Phi) is 5.07. The van der Waals surface area contributed by atoms with Crippen molar-refractivity contribution in [1.82, 2.24) is 14.5 Å². The molecule has 2 aromatic heterocycles. The Labute approximate surface area is 162 Å². The summed E-state index contributed by atoms with van der Waals surface area (Å²) < 4.78 is 1.45. The van der Waals surface area contributed by atoms with Crippen LogP contribution in [-0.2, 0) is 17.8 Å². The number of piperidine rings is 1. The van der Waals surface area contributed by atoms with Gasteiger partial charge in [-0.05, 0) is 36.8 Å². The van der Waals surface area contributed by atoms with Gasteiger partial charge in [0.25, 0.3) is 5.56 Å². The number of nitrogens with zero attached hydrogens (tertiary/aromatic N) is 3. The quantitative estimate of drug-likeness (QED) is 0.692. The van der Waals surface area contributed by atoms with Gasteiger partial charge in [-0.25, -0.2) is 4.98 Å². The summed E-state index contributed by atoms with van der Waals surface area (Å²) in [5.41, 5.74) is 3.04. The molecule has 0 saturated carbocycles. The Morgan fingerprint density at radius 2 is 1.89 bits per heavy atom. The molecule has 0 bridgehead atoms. The Balaban J connectivity index is 1.68.